The quantitative estimate of drug-likeness (QED) is 0.869. The fourth-order valence-corrected chi connectivity index (χ4v) is 6.62. The van der Waals surface area contributed by atoms with E-state index in [-0.39, 0.29) is 12.0 Å². The van der Waals surface area contributed by atoms with Crippen LogP contribution in [0.1, 0.15) is 57.8 Å². The highest BCUT2D eigenvalue weighted by Crippen LogP contribution is 2.60. The lowest BCUT2D eigenvalue weighted by atomic mass is 9.49. The number of rotatable bonds is 3. The molecule has 0 spiro atoms. The molecule has 0 radical (unpaired) electrons. The van der Waals surface area contributed by atoms with Crippen molar-refractivity contribution in [2.24, 2.45) is 34.8 Å². The first-order valence-corrected chi connectivity index (χ1v) is 9.03. The van der Waals surface area contributed by atoms with Crippen LogP contribution in [0.5, 0.6) is 0 Å². The molecule has 118 valence electrons. The fraction of sp³-hybridized carbons (Fsp3) is 0.944. The maximum absolute atomic E-state index is 12.7. The molecule has 0 heterocycles. The smallest absolute Gasteiger partial charge is 0.225 e. The van der Waals surface area contributed by atoms with Gasteiger partial charge < -0.3 is 10.6 Å². The van der Waals surface area contributed by atoms with E-state index in [4.69, 9.17) is 5.73 Å². The van der Waals surface area contributed by atoms with Crippen molar-refractivity contribution in [2.75, 3.05) is 13.6 Å². The van der Waals surface area contributed by atoms with Crippen LogP contribution in [0.3, 0.4) is 0 Å². The van der Waals surface area contributed by atoms with Crippen LogP contribution in [0, 0.1) is 29.1 Å². The Balaban J connectivity index is 1.42. The molecule has 0 aromatic heterocycles. The number of hydrogen-bond acceptors (Lipinski definition) is 2. The molecule has 3 heteroatoms. The van der Waals surface area contributed by atoms with Gasteiger partial charge in [-0.15, -0.1) is 0 Å². The highest BCUT2D eigenvalue weighted by Gasteiger charge is 2.51. The van der Waals surface area contributed by atoms with Gasteiger partial charge in [0.2, 0.25) is 5.91 Å². The lowest BCUT2D eigenvalue weighted by Gasteiger charge is -2.57. The second-order valence-corrected chi connectivity index (χ2v) is 8.88. The summed E-state index contributed by atoms with van der Waals surface area (Å²) in [6, 6.07) is 0.256. The Labute approximate surface area is 128 Å². The third-order valence-electron chi connectivity index (χ3n) is 6.94. The van der Waals surface area contributed by atoms with Gasteiger partial charge in [-0.05, 0) is 81.0 Å². The monoisotopic (exact) mass is 290 g/mol. The van der Waals surface area contributed by atoms with Gasteiger partial charge in [-0.2, -0.15) is 0 Å². The average molecular weight is 290 g/mol. The Morgan fingerprint density at radius 2 is 1.62 bits per heavy atom. The van der Waals surface area contributed by atoms with E-state index in [1.54, 1.807) is 0 Å². The average Bonchev–Trinajstić information content (AvgIpc) is 2.82. The molecule has 2 atom stereocenters. The number of nitrogens with zero attached hydrogens (tertiary/aromatic N) is 1. The van der Waals surface area contributed by atoms with Gasteiger partial charge in [0.25, 0.3) is 0 Å². The summed E-state index contributed by atoms with van der Waals surface area (Å²) in [5.74, 6) is 3.50. The maximum atomic E-state index is 12.7. The Morgan fingerprint density at radius 1 is 1.05 bits per heavy atom. The van der Waals surface area contributed by atoms with Crippen molar-refractivity contribution < 1.29 is 4.79 Å². The van der Waals surface area contributed by atoms with E-state index in [2.05, 4.69) is 4.90 Å². The fourth-order valence-electron chi connectivity index (χ4n) is 6.62. The molecule has 5 fully saturated rings. The number of nitrogens with two attached hydrogens (primary N) is 1. The van der Waals surface area contributed by atoms with Crippen molar-refractivity contribution in [1.82, 2.24) is 4.90 Å². The summed E-state index contributed by atoms with van der Waals surface area (Å²) in [6.07, 6.45) is 11.6. The summed E-state index contributed by atoms with van der Waals surface area (Å²) < 4.78 is 0. The molecule has 4 bridgehead atoms. The van der Waals surface area contributed by atoms with Crippen molar-refractivity contribution in [3.8, 4) is 0 Å². The lowest BCUT2D eigenvalue weighted by Crippen LogP contribution is -2.52. The summed E-state index contributed by atoms with van der Waals surface area (Å²) in [5.41, 5.74) is 6.45. The van der Waals surface area contributed by atoms with E-state index in [0.29, 0.717) is 11.3 Å². The predicted octanol–water partition coefficient (Wildman–Crippen LogP) is 2.79. The minimum atomic E-state index is 0.207. The number of carbonyl (C=O) groups excluding carboxylic acids is 1. The molecule has 0 aromatic rings. The zero-order valence-corrected chi connectivity index (χ0v) is 13.4. The summed E-state index contributed by atoms with van der Waals surface area (Å²) in [5, 5.41) is 0. The molecule has 5 rings (SSSR count). The molecular weight excluding hydrogens is 260 g/mol. The van der Waals surface area contributed by atoms with Crippen LogP contribution >= 0.6 is 0 Å². The van der Waals surface area contributed by atoms with Gasteiger partial charge in [0.15, 0.2) is 0 Å². The Kier molecular flexibility index (Phi) is 3.33. The predicted molar refractivity (Wildman–Crippen MR) is 83.6 cm³/mol. The van der Waals surface area contributed by atoms with Crippen molar-refractivity contribution in [3.63, 3.8) is 0 Å². The maximum Gasteiger partial charge on any atom is 0.225 e. The van der Waals surface area contributed by atoms with Gasteiger partial charge in [0, 0.05) is 25.6 Å². The number of carbonyl (C=O) groups is 1. The van der Waals surface area contributed by atoms with E-state index in [1.165, 1.54) is 38.5 Å². The van der Waals surface area contributed by atoms with Crippen LogP contribution in [-0.4, -0.2) is 30.4 Å². The van der Waals surface area contributed by atoms with Crippen LogP contribution < -0.4 is 5.73 Å². The number of hydrogen-bond donors (Lipinski definition) is 1. The van der Waals surface area contributed by atoms with Gasteiger partial charge in [-0.3, -0.25) is 4.79 Å². The largest absolute Gasteiger partial charge is 0.345 e. The van der Waals surface area contributed by atoms with Crippen molar-refractivity contribution in [1.29, 1.82) is 0 Å². The summed E-state index contributed by atoms with van der Waals surface area (Å²) in [6.45, 7) is 1.01. The first-order chi connectivity index (χ1) is 10.0. The first kappa shape index (κ1) is 14.0. The van der Waals surface area contributed by atoms with Gasteiger partial charge in [-0.1, -0.05) is 0 Å². The second kappa shape index (κ2) is 4.97. The van der Waals surface area contributed by atoms with Crippen LogP contribution in [-0.2, 0) is 4.79 Å². The van der Waals surface area contributed by atoms with Crippen LogP contribution in [0.2, 0.25) is 0 Å². The normalized spacial score (nSPS) is 47.8. The topological polar surface area (TPSA) is 46.3 Å². The Bertz CT molecular complexity index is 398. The van der Waals surface area contributed by atoms with Crippen LogP contribution in [0.4, 0.5) is 0 Å². The van der Waals surface area contributed by atoms with Gasteiger partial charge in [0.05, 0.1) is 0 Å². The molecule has 21 heavy (non-hydrogen) atoms. The molecule has 2 N–H and O–H groups in total. The third kappa shape index (κ3) is 2.52. The molecule has 5 aliphatic carbocycles. The van der Waals surface area contributed by atoms with E-state index in [0.717, 1.165) is 43.6 Å². The molecule has 5 saturated carbocycles. The summed E-state index contributed by atoms with van der Waals surface area (Å²) in [7, 11) is 2.05. The van der Waals surface area contributed by atoms with Crippen molar-refractivity contribution in [3.05, 3.63) is 0 Å². The van der Waals surface area contributed by atoms with E-state index < -0.39 is 0 Å². The lowest BCUT2D eigenvalue weighted by molar-refractivity contribution is -0.139. The van der Waals surface area contributed by atoms with Gasteiger partial charge >= 0.3 is 0 Å². The van der Waals surface area contributed by atoms with E-state index in [9.17, 15) is 4.79 Å². The molecule has 3 nitrogen and oxygen atoms in total. The highest BCUT2D eigenvalue weighted by atomic mass is 16.2. The molecule has 0 aromatic carbocycles. The molecule has 1 amide bonds. The molecule has 0 aliphatic heterocycles. The SMILES string of the molecule is CN(CC12CC3CC(CC(C3)C1)C2)C(=O)C1CCC(N)C1. The summed E-state index contributed by atoms with van der Waals surface area (Å²) >= 11 is 0. The first-order valence-electron chi connectivity index (χ1n) is 9.03. The van der Waals surface area contributed by atoms with Crippen LogP contribution in [0.25, 0.3) is 0 Å². The zero-order chi connectivity index (χ0) is 14.6. The minimum Gasteiger partial charge on any atom is -0.345 e. The molecule has 0 saturated heterocycles. The van der Waals surface area contributed by atoms with Gasteiger partial charge in [-0.25, -0.2) is 0 Å². The standard InChI is InChI=1S/C18H30N2O/c1-20(17(21)15-2-3-16(19)7-15)11-18-8-12-4-13(9-18)6-14(5-12)10-18/h12-16H,2-11,19H2,1H3. The van der Waals surface area contributed by atoms with E-state index in [1.807, 2.05) is 7.05 Å². The van der Waals surface area contributed by atoms with Crippen molar-refractivity contribution >= 4 is 5.91 Å². The van der Waals surface area contributed by atoms with Crippen LogP contribution in [0.15, 0.2) is 0 Å². The molecule has 5 aliphatic rings. The molecule has 2 unspecified atom stereocenters. The third-order valence-corrected chi connectivity index (χ3v) is 6.94. The Hall–Kier alpha value is -0.570. The molecular formula is C18H30N2O. The van der Waals surface area contributed by atoms with Crippen molar-refractivity contribution in [2.45, 2.75) is 63.8 Å². The minimum absolute atomic E-state index is 0.207. The van der Waals surface area contributed by atoms with E-state index >= 15 is 0 Å². The number of amides is 1. The van der Waals surface area contributed by atoms with Gasteiger partial charge in [0.1, 0.15) is 0 Å². The zero-order valence-electron chi connectivity index (χ0n) is 13.4. The highest BCUT2D eigenvalue weighted by molar-refractivity contribution is 5.79. The second-order valence-electron chi connectivity index (χ2n) is 8.88. The summed E-state index contributed by atoms with van der Waals surface area (Å²) in [4.78, 5) is 14.8. The Morgan fingerprint density at radius 3 is 2.10 bits per heavy atom.